The molecule has 0 aromatic heterocycles. The Morgan fingerprint density at radius 1 is 1.04 bits per heavy atom. The molecular formula is C17H17F2NO3S. The fourth-order valence-electron chi connectivity index (χ4n) is 2.89. The number of aryl methyl sites for hydroxylation is 2. The van der Waals surface area contributed by atoms with E-state index < -0.39 is 27.3 Å². The van der Waals surface area contributed by atoms with Crippen molar-refractivity contribution in [1.29, 1.82) is 0 Å². The van der Waals surface area contributed by atoms with E-state index in [-0.39, 0.29) is 10.6 Å². The summed E-state index contributed by atoms with van der Waals surface area (Å²) in [6, 6.07) is 6.38. The highest BCUT2D eigenvalue weighted by Gasteiger charge is 2.25. The molecule has 0 saturated heterocycles. The second-order valence-corrected chi connectivity index (χ2v) is 7.33. The van der Waals surface area contributed by atoms with Crippen LogP contribution in [-0.2, 0) is 22.9 Å². The molecule has 0 fully saturated rings. The van der Waals surface area contributed by atoms with Gasteiger partial charge in [0.25, 0.3) is 10.0 Å². The molecule has 0 bridgehead atoms. The van der Waals surface area contributed by atoms with Gasteiger partial charge in [-0.25, -0.2) is 17.2 Å². The van der Waals surface area contributed by atoms with Crippen molar-refractivity contribution in [2.24, 2.45) is 0 Å². The predicted molar refractivity (Wildman–Crippen MR) is 86.8 cm³/mol. The van der Waals surface area contributed by atoms with Crippen LogP contribution in [0.1, 0.15) is 24.0 Å². The van der Waals surface area contributed by atoms with Gasteiger partial charge in [-0.15, -0.1) is 0 Å². The summed E-state index contributed by atoms with van der Waals surface area (Å²) in [7, 11) is -2.82. The van der Waals surface area contributed by atoms with E-state index in [1.807, 2.05) is 4.72 Å². The van der Waals surface area contributed by atoms with Gasteiger partial charge in [0.15, 0.2) is 0 Å². The summed E-state index contributed by atoms with van der Waals surface area (Å²) in [6.45, 7) is 0. The minimum absolute atomic E-state index is 0.117. The quantitative estimate of drug-likeness (QED) is 0.913. The van der Waals surface area contributed by atoms with Gasteiger partial charge in [-0.2, -0.15) is 0 Å². The Balaban J connectivity index is 2.06. The molecule has 3 rings (SSSR count). The van der Waals surface area contributed by atoms with Crippen molar-refractivity contribution in [3.05, 3.63) is 53.1 Å². The molecule has 2 aromatic carbocycles. The van der Waals surface area contributed by atoms with E-state index in [0.29, 0.717) is 0 Å². The molecule has 0 spiro atoms. The first-order chi connectivity index (χ1) is 11.4. The van der Waals surface area contributed by atoms with Crippen LogP contribution in [0.2, 0.25) is 0 Å². The van der Waals surface area contributed by atoms with Gasteiger partial charge in [-0.05, 0) is 61.1 Å². The van der Waals surface area contributed by atoms with Crippen LogP contribution in [0.4, 0.5) is 14.5 Å². The highest BCUT2D eigenvalue weighted by Crippen LogP contribution is 2.33. The molecule has 2 aromatic rings. The minimum Gasteiger partial charge on any atom is -0.495 e. The summed E-state index contributed by atoms with van der Waals surface area (Å²) in [6.07, 6.45) is 3.66. The number of methoxy groups -OCH3 is 1. The molecule has 1 aliphatic rings. The van der Waals surface area contributed by atoms with Crippen molar-refractivity contribution in [1.82, 2.24) is 0 Å². The van der Waals surface area contributed by atoms with Crippen LogP contribution in [0.5, 0.6) is 5.75 Å². The largest absolute Gasteiger partial charge is 0.495 e. The molecule has 0 heterocycles. The van der Waals surface area contributed by atoms with Crippen LogP contribution in [0.25, 0.3) is 0 Å². The van der Waals surface area contributed by atoms with Crippen LogP contribution in [-0.4, -0.2) is 15.5 Å². The summed E-state index contributed by atoms with van der Waals surface area (Å²) in [5.41, 5.74) is 1.28. The molecule has 1 N–H and O–H groups in total. The maximum atomic E-state index is 13.8. The number of para-hydroxylation sites is 1. The molecule has 24 heavy (non-hydrogen) atoms. The molecule has 1 aliphatic carbocycles. The predicted octanol–water partition coefficient (Wildman–Crippen LogP) is 3.65. The Labute approximate surface area is 139 Å². The molecule has 0 atom stereocenters. The highest BCUT2D eigenvalue weighted by molar-refractivity contribution is 7.92. The first-order valence-corrected chi connectivity index (χ1v) is 9.07. The van der Waals surface area contributed by atoms with Gasteiger partial charge >= 0.3 is 0 Å². The molecule has 4 nitrogen and oxygen atoms in total. The van der Waals surface area contributed by atoms with Crippen molar-refractivity contribution in [2.45, 2.75) is 30.6 Å². The fourth-order valence-corrected chi connectivity index (χ4v) is 4.17. The number of fused-ring (bicyclic) bond motifs is 1. The number of benzene rings is 2. The average Bonchev–Trinajstić information content (AvgIpc) is 2.57. The Morgan fingerprint density at radius 3 is 2.21 bits per heavy atom. The van der Waals surface area contributed by atoms with Crippen molar-refractivity contribution in [3.8, 4) is 5.75 Å². The third-order valence-corrected chi connectivity index (χ3v) is 5.49. The maximum Gasteiger partial charge on any atom is 0.265 e. The maximum absolute atomic E-state index is 13.8. The Morgan fingerprint density at radius 2 is 1.62 bits per heavy atom. The molecule has 0 amide bonds. The SMILES string of the molecule is COc1cc2c(cc1S(=O)(=O)Nc1c(F)cccc1F)CCCC2. The van der Waals surface area contributed by atoms with Crippen LogP contribution in [0.15, 0.2) is 35.2 Å². The van der Waals surface area contributed by atoms with Crippen LogP contribution in [0.3, 0.4) is 0 Å². The number of hydrogen-bond acceptors (Lipinski definition) is 3. The lowest BCUT2D eigenvalue weighted by Crippen LogP contribution is -2.17. The Bertz CT molecular complexity index is 861. The number of sulfonamides is 1. The van der Waals surface area contributed by atoms with Gasteiger partial charge in [-0.1, -0.05) is 6.07 Å². The topological polar surface area (TPSA) is 55.4 Å². The molecule has 0 unspecified atom stereocenters. The van der Waals surface area contributed by atoms with Crippen molar-refractivity contribution < 1.29 is 21.9 Å². The van der Waals surface area contributed by atoms with E-state index in [4.69, 9.17) is 4.74 Å². The molecule has 0 aliphatic heterocycles. The molecule has 128 valence electrons. The monoisotopic (exact) mass is 353 g/mol. The number of anilines is 1. The zero-order chi connectivity index (χ0) is 17.3. The van der Waals surface area contributed by atoms with E-state index in [9.17, 15) is 17.2 Å². The lowest BCUT2D eigenvalue weighted by Gasteiger charge is -2.19. The smallest absolute Gasteiger partial charge is 0.265 e. The van der Waals surface area contributed by atoms with E-state index in [1.54, 1.807) is 6.07 Å². The normalized spacial score (nSPS) is 14.1. The first kappa shape index (κ1) is 16.7. The third kappa shape index (κ3) is 3.08. The zero-order valence-corrected chi connectivity index (χ0v) is 13.9. The molecule has 7 heteroatoms. The van der Waals surface area contributed by atoms with Gasteiger partial charge < -0.3 is 4.74 Å². The summed E-state index contributed by atoms with van der Waals surface area (Å²) >= 11 is 0. The number of hydrogen-bond donors (Lipinski definition) is 1. The number of nitrogens with one attached hydrogen (secondary N) is 1. The van der Waals surface area contributed by atoms with E-state index in [2.05, 4.69) is 0 Å². The summed E-state index contributed by atoms with van der Waals surface area (Å²) in [4.78, 5) is -0.117. The Kier molecular flexibility index (Phi) is 4.45. The molecule has 0 radical (unpaired) electrons. The van der Waals surface area contributed by atoms with Crippen molar-refractivity contribution in [2.75, 3.05) is 11.8 Å². The molecule has 0 saturated carbocycles. The number of halogens is 2. The standard InChI is InChI=1S/C17H17F2NO3S/c1-23-15-9-11-5-2-3-6-12(11)10-16(15)24(21,22)20-17-13(18)7-4-8-14(17)19/h4,7-10,20H,2-3,5-6H2,1H3. The lowest BCUT2D eigenvalue weighted by atomic mass is 9.92. The van der Waals surface area contributed by atoms with Gasteiger partial charge in [0.05, 0.1) is 7.11 Å². The van der Waals surface area contributed by atoms with Crippen LogP contribution < -0.4 is 9.46 Å². The zero-order valence-electron chi connectivity index (χ0n) is 13.1. The Hall–Kier alpha value is -2.15. The van der Waals surface area contributed by atoms with Crippen LogP contribution >= 0.6 is 0 Å². The van der Waals surface area contributed by atoms with Crippen LogP contribution in [0, 0.1) is 11.6 Å². The fraction of sp³-hybridized carbons (Fsp3) is 0.294. The summed E-state index contributed by atoms with van der Waals surface area (Å²) in [5, 5.41) is 0. The summed E-state index contributed by atoms with van der Waals surface area (Å²) in [5.74, 6) is -1.79. The van der Waals surface area contributed by atoms with Gasteiger partial charge in [0.2, 0.25) is 0 Å². The van der Waals surface area contributed by atoms with E-state index >= 15 is 0 Å². The summed E-state index contributed by atoms with van der Waals surface area (Å²) < 4.78 is 60.0. The van der Waals surface area contributed by atoms with Crippen molar-refractivity contribution in [3.63, 3.8) is 0 Å². The third-order valence-electron chi connectivity index (χ3n) is 4.12. The van der Waals surface area contributed by atoms with E-state index in [1.165, 1.54) is 19.2 Å². The average molecular weight is 353 g/mol. The number of ether oxygens (including phenoxy) is 1. The second-order valence-electron chi connectivity index (χ2n) is 5.68. The highest BCUT2D eigenvalue weighted by atomic mass is 32.2. The minimum atomic E-state index is -4.19. The molecular weight excluding hydrogens is 336 g/mol. The second kappa shape index (κ2) is 6.39. The number of rotatable bonds is 4. The van der Waals surface area contributed by atoms with Gasteiger partial charge in [0.1, 0.15) is 28.0 Å². The first-order valence-electron chi connectivity index (χ1n) is 7.59. The lowest BCUT2D eigenvalue weighted by molar-refractivity contribution is 0.401. The van der Waals surface area contributed by atoms with Crippen molar-refractivity contribution >= 4 is 15.7 Å². The van der Waals surface area contributed by atoms with Gasteiger partial charge in [0, 0.05) is 0 Å². The van der Waals surface area contributed by atoms with Gasteiger partial charge in [-0.3, -0.25) is 4.72 Å². The van der Waals surface area contributed by atoms with E-state index in [0.717, 1.165) is 48.9 Å².